The van der Waals surface area contributed by atoms with Crippen LogP contribution in [0, 0.1) is 0 Å². The van der Waals surface area contributed by atoms with Crippen LogP contribution in [0.25, 0.3) is 0 Å². The van der Waals surface area contributed by atoms with Gasteiger partial charge >= 0.3 is 12.1 Å². The van der Waals surface area contributed by atoms with Crippen molar-refractivity contribution in [3.8, 4) is 5.75 Å². The second-order valence-electron chi connectivity index (χ2n) is 9.82. The molecule has 1 aliphatic heterocycles. The number of hydrogen-bond acceptors (Lipinski definition) is 6. The number of carbonyl (C=O) groups excluding carboxylic acids is 2. The van der Waals surface area contributed by atoms with Crippen molar-refractivity contribution in [2.75, 3.05) is 26.7 Å². The molecule has 1 saturated heterocycles. The Morgan fingerprint density at radius 3 is 2.69 bits per heavy atom. The molecule has 0 spiro atoms. The summed E-state index contributed by atoms with van der Waals surface area (Å²) >= 11 is 0. The number of methoxy groups -OCH3 is 1. The van der Waals surface area contributed by atoms with E-state index in [2.05, 4.69) is 22.9 Å². The molecule has 1 heterocycles. The van der Waals surface area contributed by atoms with Gasteiger partial charge in [0.15, 0.2) is 0 Å². The van der Waals surface area contributed by atoms with Gasteiger partial charge in [-0.3, -0.25) is 9.69 Å². The quantitative estimate of drug-likeness (QED) is 0.429. The van der Waals surface area contributed by atoms with Gasteiger partial charge in [0, 0.05) is 31.5 Å². The number of hydrogen-bond donors (Lipinski definition) is 1. The number of piperidine rings is 1. The monoisotopic (exact) mass is 492 g/mol. The Morgan fingerprint density at radius 2 is 1.97 bits per heavy atom. The molecule has 1 saturated carbocycles. The number of likely N-dealkylation sites (tertiary alicyclic amines) is 1. The zero-order valence-electron chi connectivity index (χ0n) is 21.2. The molecule has 36 heavy (non-hydrogen) atoms. The van der Waals surface area contributed by atoms with E-state index < -0.39 is 17.1 Å². The van der Waals surface area contributed by atoms with Crippen LogP contribution in [0.2, 0.25) is 0 Å². The fourth-order valence-electron chi connectivity index (χ4n) is 6.00. The normalized spacial score (nSPS) is 25.8. The molecule has 1 amide bonds. The molecule has 7 nitrogen and oxygen atoms in total. The van der Waals surface area contributed by atoms with E-state index in [1.165, 1.54) is 6.92 Å². The van der Waals surface area contributed by atoms with E-state index in [1.807, 2.05) is 54.6 Å². The molecule has 2 aromatic carbocycles. The van der Waals surface area contributed by atoms with Crippen molar-refractivity contribution in [1.82, 2.24) is 10.2 Å². The minimum atomic E-state index is -0.724. The Labute approximate surface area is 213 Å². The smallest absolute Gasteiger partial charge is 0.407 e. The predicted molar refractivity (Wildman–Crippen MR) is 138 cm³/mol. The first kappa shape index (κ1) is 25.8. The maximum Gasteiger partial charge on any atom is 0.407 e. The van der Waals surface area contributed by atoms with Crippen molar-refractivity contribution in [2.45, 2.75) is 56.3 Å². The maximum absolute atomic E-state index is 12.7. The average molecular weight is 493 g/mol. The van der Waals surface area contributed by atoms with E-state index in [1.54, 1.807) is 7.11 Å². The second kappa shape index (κ2) is 11.2. The Hall–Kier alpha value is -3.32. The summed E-state index contributed by atoms with van der Waals surface area (Å²) in [5.41, 5.74) is 0.789. The second-order valence-corrected chi connectivity index (χ2v) is 9.82. The van der Waals surface area contributed by atoms with Gasteiger partial charge in [0.25, 0.3) is 0 Å². The number of amides is 1. The summed E-state index contributed by atoms with van der Waals surface area (Å²) in [5, 5.41) is 3.09. The zero-order valence-corrected chi connectivity index (χ0v) is 21.2. The molecule has 2 fully saturated rings. The SMILES string of the molecule is C=CCN1CC[C@@]2(c3cccc(OC)c3)C[C@@H](NC(=O)OCc3ccccc3)CC[C@]2(OC(C)=O)C1. The molecule has 192 valence electrons. The number of nitrogens with zero attached hydrogens (tertiary/aromatic N) is 1. The van der Waals surface area contributed by atoms with Gasteiger partial charge in [-0.15, -0.1) is 6.58 Å². The summed E-state index contributed by atoms with van der Waals surface area (Å²) in [5.74, 6) is 0.459. The molecule has 0 unspecified atom stereocenters. The van der Waals surface area contributed by atoms with Crippen LogP contribution in [-0.2, 0) is 26.3 Å². The van der Waals surface area contributed by atoms with Crippen LogP contribution >= 0.6 is 0 Å². The number of ether oxygens (including phenoxy) is 3. The summed E-state index contributed by atoms with van der Waals surface area (Å²) in [6.45, 7) is 7.76. The van der Waals surface area contributed by atoms with Crippen LogP contribution in [-0.4, -0.2) is 55.3 Å². The molecule has 0 radical (unpaired) electrons. The molecule has 7 heteroatoms. The van der Waals surface area contributed by atoms with E-state index in [0.717, 1.165) is 36.4 Å². The summed E-state index contributed by atoms with van der Waals surface area (Å²) in [6.07, 6.45) is 4.17. The number of rotatable bonds is 8. The van der Waals surface area contributed by atoms with Crippen molar-refractivity contribution < 1.29 is 23.8 Å². The first-order chi connectivity index (χ1) is 17.4. The number of benzene rings is 2. The highest BCUT2D eigenvalue weighted by Crippen LogP contribution is 2.54. The van der Waals surface area contributed by atoms with Crippen molar-refractivity contribution in [1.29, 1.82) is 0 Å². The standard InChI is InChI=1S/C29H36N2O5/c1-4-16-31-17-15-28(24-11-8-12-26(18-24)34-3)19-25(13-14-29(28,21-31)36-22(2)32)30-27(33)35-20-23-9-6-5-7-10-23/h4-12,18,25H,1,13-17,19-21H2,2-3H3,(H,30,33)/t25-,28-,29-/m0/s1. The highest BCUT2D eigenvalue weighted by Gasteiger charge is 2.60. The minimum absolute atomic E-state index is 0.117. The molecule has 1 N–H and O–H groups in total. The number of carbonyl (C=O) groups is 2. The first-order valence-electron chi connectivity index (χ1n) is 12.5. The van der Waals surface area contributed by atoms with E-state index in [4.69, 9.17) is 14.2 Å². The van der Waals surface area contributed by atoms with Gasteiger partial charge in [-0.25, -0.2) is 4.79 Å². The number of alkyl carbamates (subject to hydrolysis) is 1. The third kappa shape index (κ3) is 5.41. The van der Waals surface area contributed by atoms with Crippen molar-refractivity contribution in [3.63, 3.8) is 0 Å². The molecule has 1 aliphatic carbocycles. The Bertz CT molecular complexity index is 1070. The Kier molecular flexibility index (Phi) is 7.99. The predicted octanol–water partition coefficient (Wildman–Crippen LogP) is 4.61. The first-order valence-corrected chi connectivity index (χ1v) is 12.5. The van der Waals surface area contributed by atoms with Crippen LogP contribution in [0.3, 0.4) is 0 Å². The van der Waals surface area contributed by atoms with Crippen LogP contribution in [0.1, 0.15) is 43.7 Å². The summed E-state index contributed by atoms with van der Waals surface area (Å²) in [7, 11) is 1.65. The van der Waals surface area contributed by atoms with Crippen LogP contribution in [0.4, 0.5) is 4.79 Å². The lowest BCUT2D eigenvalue weighted by Crippen LogP contribution is -2.68. The van der Waals surface area contributed by atoms with Crippen LogP contribution in [0.5, 0.6) is 5.75 Å². The van der Waals surface area contributed by atoms with Gasteiger partial charge in [0.05, 0.1) is 7.11 Å². The summed E-state index contributed by atoms with van der Waals surface area (Å²) < 4.78 is 17.3. The van der Waals surface area contributed by atoms with Gasteiger partial charge < -0.3 is 19.5 Å². The minimum Gasteiger partial charge on any atom is -0.497 e. The molecule has 4 rings (SSSR count). The fraction of sp³-hybridized carbons (Fsp3) is 0.448. The average Bonchev–Trinajstić information content (AvgIpc) is 2.88. The van der Waals surface area contributed by atoms with Crippen molar-refractivity contribution in [2.24, 2.45) is 0 Å². The highest BCUT2D eigenvalue weighted by molar-refractivity contribution is 5.68. The number of fused-ring (bicyclic) bond motifs is 1. The summed E-state index contributed by atoms with van der Waals surface area (Å²) in [6, 6.07) is 17.5. The molecule has 3 atom stereocenters. The fourth-order valence-corrected chi connectivity index (χ4v) is 6.00. The Morgan fingerprint density at radius 1 is 1.17 bits per heavy atom. The number of esters is 1. The van der Waals surface area contributed by atoms with Crippen LogP contribution < -0.4 is 10.1 Å². The molecular formula is C29H36N2O5. The lowest BCUT2D eigenvalue weighted by atomic mass is 9.55. The highest BCUT2D eigenvalue weighted by atomic mass is 16.6. The lowest BCUT2D eigenvalue weighted by Gasteiger charge is -2.59. The third-order valence-corrected chi connectivity index (χ3v) is 7.58. The largest absolute Gasteiger partial charge is 0.497 e. The lowest BCUT2D eigenvalue weighted by molar-refractivity contribution is -0.186. The molecular weight excluding hydrogens is 456 g/mol. The topological polar surface area (TPSA) is 77.1 Å². The van der Waals surface area contributed by atoms with E-state index in [-0.39, 0.29) is 18.6 Å². The van der Waals surface area contributed by atoms with Gasteiger partial charge in [0.2, 0.25) is 0 Å². The summed E-state index contributed by atoms with van der Waals surface area (Å²) in [4.78, 5) is 27.4. The zero-order chi connectivity index (χ0) is 25.6. The van der Waals surface area contributed by atoms with Crippen molar-refractivity contribution in [3.05, 3.63) is 78.4 Å². The van der Waals surface area contributed by atoms with E-state index >= 15 is 0 Å². The van der Waals surface area contributed by atoms with E-state index in [9.17, 15) is 9.59 Å². The maximum atomic E-state index is 12.7. The van der Waals surface area contributed by atoms with E-state index in [0.29, 0.717) is 25.8 Å². The number of nitrogens with one attached hydrogen (secondary N) is 1. The third-order valence-electron chi connectivity index (χ3n) is 7.58. The van der Waals surface area contributed by atoms with Gasteiger partial charge in [0.1, 0.15) is 18.0 Å². The van der Waals surface area contributed by atoms with Gasteiger partial charge in [-0.1, -0.05) is 48.5 Å². The van der Waals surface area contributed by atoms with Crippen LogP contribution in [0.15, 0.2) is 67.3 Å². The Balaban J connectivity index is 1.62. The molecule has 0 aromatic heterocycles. The van der Waals surface area contributed by atoms with Gasteiger partial charge in [-0.05, 0) is 55.5 Å². The molecule has 2 aromatic rings. The molecule has 2 aliphatic rings. The molecule has 0 bridgehead atoms. The van der Waals surface area contributed by atoms with Crippen molar-refractivity contribution >= 4 is 12.1 Å². The van der Waals surface area contributed by atoms with Gasteiger partial charge in [-0.2, -0.15) is 0 Å².